The summed E-state index contributed by atoms with van der Waals surface area (Å²) in [6, 6.07) is 15.2. The van der Waals surface area contributed by atoms with Gasteiger partial charge in [-0.3, -0.25) is 14.5 Å². The first kappa shape index (κ1) is 28.3. The third-order valence-electron chi connectivity index (χ3n) is 6.77. The summed E-state index contributed by atoms with van der Waals surface area (Å²) in [6.45, 7) is 7.13. The third kappa shape index (κ3) is 8.64. The maximum Gasteiger partial charge on any atom is 0.254 e. The fourth-order valence-electron chi connectivity index (χ4n) is 4.49. The van der Waals surface area contributed by atoms with E-state index >= 15 is 0 Å². The Morgan fingerprint density at radius 2 is 1.76 bits per heavy atom. The lowest BCUT2D eigenvalue weighted by molar-refractivity contribution is -0.131. The Labute approximate surface area is 221 Å². The summed E-state index contributed by atoms with van der Waals surface area (Å²) in [5.74, 6) is 1.74. The second kappa shape index (κ2) is 15.1. The van der Waals surface area contributed by atoms with Gasteiger partial charge in [-0.2, -0.15) is 0 Å². The Kier molecular flexibility index (Phi) is 11.5. The quantitative estimate of drug-likeness (QED) is 0.371. The number of unbranched alkanes of at least 4 members (excludes halogenated alkanes) is 2. The van der Waals surface area contributed by atoms with Crippen LogP contribution in [0.4, 0.5) is 0 Å². The van der Waals surface area contributed by atoms with E-state index < -0.39 is 0 Å². The minimum Gasteiger partial charge on any atom is -0.497 e. The molecule has 200 valence electrons. The van der Waals surface area contributed by atoms with Crippen LogP contribution in [0.2, 0.25) is 0 Å². The van der Waals surface area contributed by atoms with E-state index in [1.54, 1.807) is 20.3 Å². The van der Waals surface area contributed by atoms with Gasteiger partial charge in [-0.15, -0.1) is 0 Å². The van der Waals surface area contributed by atoms with Gasteiger partial charge in [0.25, 0.3) is 5.91 Å². The number of piperazine rings is 1. The first-order valence-corrected chi connectivity index (χ1v) is 13.3. The van der Waals surface area contributed by atoms with Crippen molar-refractivity contribution in [3.05, 3.63) is 65.7 Å². The highest BCUT2D eigenvalue weighted by Crippen LogP contribution is 2.19. The summed E-state index contributed by atoms with van der Waals surface area (Å²) in [7, 11) is 3.27. The van der Waals surface area contributed by atoms with Crippen molar-refractivity contribution in [3.8, 4) is 11.5 Å². The van der Waals surface area contributed by atoms with Gasteiger partial charge < -0.3 is 19.3 Å². The van der Waals surface area contributed by atoms with Gasteiger partial charge in [-0.25, -0.2) is 0 Å². The average Bonchev–Trinajstić information content (AvgIpc) is 2.95. The number of rotatable bonds is 13. The third-order valence-corrected chi connectivity index (χ3v) is 6.77. The van der Waals surface area contributed by atoms with E-state index in [2.05, 4.69) is 11.8 Å². The second-order valence-corrected chi connectivity index (χ2v) is 9.31. The lowest BCUT2D eigenvalue weighted by Crippen LogP contribution is -2.50. The minimum atomic E-state index is 0.0350. The van der Waals surface area contributed by atoms with Gasteiger partial charge in [0, 0.05) is 63.4 Å². The van der Waals surface area contributed by atoms with E-state index in [4.69, 9.17) is 9.47 Å². The largest absolute Gasteiger partial charge is 0.497 e. The first-order valence-electron chi connectivity index (χ1n) is 13.3. The molecule has 7 nitrogen and oxygen atoms in total. The molecule has 1 fully saturated rings. The van der Waals surface area contributed by atoms with Crippen LogP contribution in [-0.2, 0) is 4.79 Å². The molecule has 0 spiro atoms. The molecule has 0 atom stereocenters. The fraction of sp³-hybridized carbons (Fsp3) is 0.467. The van der Waals surface area contributed by atoms with Gasteiger partial charge in [0.05, 0.1) is 14.2 Å². The summed E-state index contributed by atoms with van der Waals surface area (Å²) in [5.41, 5.74) is 1.65. The number of carbonyl (C=O) groups is 2. The standard InChI is InChI=1S/C30H41N3O4/c1-4-5-6-16-29(34)32(17-10-13-25-11-7-8-15-28(25)37-3)21-18-31-19-22-33(23-20-31)30(35)26-12-9-14-27(24-26)36-2/h7-15,24H,4-6,16-23H2,1-3H3/b13-10+. The number of methoxy groups -OCH3 is 2. The van der Waals surface area contributed by atoms with E-state index in [9.17, 15) is 9.59 Å². The van der Waals surface area contributed by atoms with Gasteiger partial charge in [-0.1, -0.05) is 56.2 Å². The molecule has 0 aromatic heterocycles. The van der Waals surface area contributed by atoms with Crippen LogP contribution in [0.25, 0.3) is 6.08 Å². The number of carbonyl (C=O) groups excluding carboxylic acids is 2. The molecule has 0 radical (unpaired) electrons. The summed E-state index contributed by atoms with van der Waals surface area (Å²) < 4.78 is 10.7. The monoisotopic (exact) mass is 507 g/mol. The Morgan fingerprint density at radius 1 is 0.973 bits per heavy atom. The highest BCUT2D eigenvalue weighted by Gasteiger charge is 2.23. The number of ether oxygens (including phenoxy) is 2. The molecule has 37 heavy (non-hydrogen) atoms. The normalized spacial score (nSPS) is 14.1. The van der Waals surface area contributed by atoms with Gasteiger partial charge in [0.15, 0.2) is 0 Å². The Balaban J connectivity index is 1.53. The van der Waals surface area contributed by atoms with Crippen LogP contribution in [0.1, 0.15) is 48.5 Å². The van der Waals surface area contributed by atoms with Crippen molar-refractivity contribution < 1.29 is 19.1 Å². The van der Waals surface area contributed by atoms with Gasteiger partial charge in [-0.05, 0) is 30.7 Å². The summed E-state index contributed by atoms with van der Waals surface area (Å²) >= 11 is 0. The number of hydrogen-bond donors (Lipinski definition) is 0. The molecule has 0 bridgehead atoms. The average molecular weight is 508 g/mol. The topological polar surface area (TPSA) is 62.3 Å². The second-order valence-electron chi connectivity index (χ2n) is 9.31. The molecule has 0 aliphatic carbocycles. The smallest absolute Gasteiger partial charge is 0.254 e. The lowest BCUT2D eigenvalue weighted by atomic mass is 10.1. The van der Waals surface area contributed by atoms with Gasteiger partial charge >= 0.3 is 0 Å². The van der Waals surface area contributed by atoms with Crippen LogP contribution in [0, 0.1) is 0 Å². The van der Waals surface area contributed by atoms with Crippen molar-refractivity contribution in [2.24, 2.45) is 0 Å². The molecular weight excluding hydrogens is 466 g/mol. The van der Waals surface area contributed by atoms with Crippen LogP contribution in [0.15, 0.2) is 54.6 Å². The van der Waals surface area contributed by atoms with Crippen LogP contribution in [0.5, 0.6) is 11.5 Å². The molecule has 2 aromatic carbocycles. The maximum absolute atomic E-state index is 13.0. The predicted octanol–water partition coefficient (Wildman–Crippen LogP) is 4.58. The van der Waals surface area contributed by atoms with E-state index in [0.717, 1.165) is 50.2 Å². The van der Waals surface area contributed by atoms with E-state index in [-0.39, 0.29) is 11.8 Å². The first-order chi connectivity index (χ1) is 18.0. The summed E-state index contributed by atoms with van der Waals surface area (Å²) in [4.78, 5) is 32.1. The zero-order chi connectivity index (χ0) is 26.5. The zero-order valence-corrected chi connectivity index (χ0v) is 22.5. The molecule has 0 saturated carbocycles. The highest BCUT2D eigenvalue weighted by atomic mass is 16.5. The van der Waals surface area contributed by atoms with Crippen molar-refractivity contribution in [2.45, 2.75) is 32.6 Å². The van der Waals surface area contributed by atoms with Crippen LogP contribution >= 0.6 is 0 Å². The molecule has 1 aliphatic heterocycles. The van der Waals surface area contributed by atoms with Gasteiger partial charge in [0.2, 0.25) is 5.91 Å². The van der Waals surface area contributed by atoms with E-state index in [1.165, 1.54) is 0 Å². The summed E-state index contributed by atoms with van der Waals surface area (Å²) in [5, 5.41) is 0. The molecule has 0 N–H and O–H groups in total. The van der Waals surface area contributed by atoms with Crippen LogP contribution in [0.3, 0.4) is 0 Å². The Morgan fingerprint density at radius 3 is 2.49 bits per heavy atom. The van der Waals surface area contributed by atoms with Crippen molar-refractivity contribution in [1.29, 1.82) is 0 Å². The molecule has 1 aliphatic rings. The Hall–Kier alpha value is -3.32. The number of amides is 2. The molecule has 1 saturated heterocycles. The highest BCUT2D eigenvalue weighted by molar-refractivity contribution is 5.94. The van der Waals surface area contributed by atoms with E-state index in [1.807, 2.05) is 64.4 Å². The van der Waals surface area contributed by atoms with E-state index in [0.29, 0.717) is 43.9 Å². The minimum absolute atomic E-state index is 0.0350. The number of para-hydroxylation sites is 1. The number of nitrogens with zero attached hydrogens (tertiary/aromatic N) is 3. The number of benzene rings is 2. The summed E-state index contributed by atoms with van der Waals surface area (Å²) in [6.07, 6.45) is 7.74. The molecule has 2 amide bonds. The zero-order valence-electron chi connectivity index (χ0n) is 22.5. The van der Waals surface area contributed by atoms with Crippen molar-refractivity contribution in [2.75, 3.05) is 60.0 Å². The predicted molar refractivity (Wildman–Crippen MR) is 148 cm³/mol. The molecule has 2 aromatic rings. The molecule has 0 unspecified atom stereocenters. The van der Waals surface area contributed by atoms with Crippen molar-refractivity contribution >= 4 is 17.9 Å². The van der Waals surface area contributed by atoms with Crippen LogP contribution < -0.4 is 9.47 Å². The fourth-order valence-corrected chi connectivity index (χ4v) is 4.49. The molecular formula is C30H41N3O4. The lowest BCUT2D eigenvalue weighted by Gasteiger charge is -2.36. The maximum atomic E-state index is 13.0. The number of hydrogen-bond acceptors (Lipinski definition) is 5. The van der Waals surface area contributed by atoms with Crippen molar-refractivity contribution in [3.63, 3.8) is 0 Å². The van der Waals surface area contributed by atoms with Crippen LogP contribution in [-0.4, -0.2) is 86.5 Å². The molecule has 7 heteroatoms. The Bertz CT molecular complexity index is 1030. The van der Waals surface area contributed by atoms with Crippen molar-refractivity contribution in [1.82, 2.24) is 14.7 Å². The SMILES string of the molecule is CCCCCC(=O)N(C/C=C/c1ccccc1OC)CCN1CCN(C(=O)c2cccc(OC)c2)CC1. The van der Waals surface area contributed by atoms with Gasteiger partial charge in [0.1, 0.15) is 11.5 Å². The molecule has 3 rings (SSSR count). The molecule has 1 heterocycles.